The molecule has 1 saturated heterocycles. The maximum absolute atomic E-state index is 8.74. The second-order valence-corrected chi connectivity index (χ2v) is 3.97. The molecule has 3 heteroatoms. The van der Waals surface area contributed by atoms with Crippen LogP contribution in [0.2, 0.25) is 0 Å². The third kappa shape index (κ3) is 2.15. The van der Waals surface area contributed by atoms with Crippen molar-refractivity contribution in [1.29, 1.82) is 0 Å². The Balaban J connectivity index is 2.42. The van der Waals surface area contributed by atoms with E-state index < -0.39 is 0 Å². The zero-order valence-corrected chi connectivity index (χ0v) is 7.33. The minimum absolute atomic E-state index is 0.00389. The van der Waals surface area contributed by atoms with Gasteiger partial charge in [0, 0.05) is 5.41 Å². The largest absolute Gasteiger partial charge is 0.394 e. The van der Waals surface area contributed by atoms with Gasteiger partial charge in [0.15, 0.2) is 6.29 Å². The van der Waals surface area contributed by atoms with Crippen molar-refractivity contribution in [2.24, 2.45) is 5.41 Å². The highest BCUT2D eigenvalue weighted by Gasteiger charge is 2.34. The zero-order chi connectivity index (χ0) is 8.48. The van der Waals surface area contributed by atoms with E-state index in [0.29, 0.717) is 6.61 Å². The van der Waals surface area contributed by atoms with E-state index >= 15 is 0 Å². The van der Waals surface area contributed by atoms with Crippen LogP contribution in [0.5, 0.6) is 0 Å². The summed E-state index contributed by atoms with van der Waals surface area (Å²) in [5, 5.41) is 8.74. The topological polar surface area (TPSA) is 38.7 Å². The van der Waals surface area contributed by atoms with Crippen molar-refractivity contribution in [3.8, 4) is 0 Å². The molecule has 0 aromatic rings. The SMILES string of the molecule is CC(C)(C)[C@H]1OC[C@H](CO)O1. The Morgan fingerprint density at radius 3 is 2.36 bits per heavy atom. The van der Waals surface area contributed by atoms with Gasteiger partial charge in [-0.2, -0.15) is 0 Å². The number of aliphatic hydroxyl groups excluding tert-OH is 1. The molecule has 0 aromatic carbocycles. The van der Waals surface area contributed by atoms with Crippen LogP contribution in [-0.2, 0) is 9.47 Å². The molecule has 0 amide bonds. The first-order valence-electron chi connectivity index (χ1n) is 3.92. The quantitative estimate of drug-likeness (QED) is 0.615. The lowest BCUT2D eigenvalue weighted by Crippen LogP contribution is -2.28. The van der Waals surface area contributed by atoms with Crippen molar-refractivity contribution >= 4 is 0 Å². The molecule has 66 valence electrons. The second-order valence-electron chi connectivity index (χ2n) is 3.97. The second kappa shape index (κ2) is 3.09. The lowest BCUT2D eigenvalue weighted by Gasteiger charge is -2.24. The molecule has 1 fully saturated rings. The summed E-state index contributed by atoms with van der Waals surface area (Å²) in [6.07, 6.45) is -0.293. The van der Waals surface area contributed by atoms with Crippen LogP contribution < -0.4 is 0 Å². The van der Waals surface area contributed by atoms with E-state index in [1.54, 1.807) is 0 Å². The van der Waals surface area contributed by atoms with E-state index in [-0.39, 0.29) is 24.4 Å². The summed E-state index contributed by atoms with van der Waals surface area (Å²) >= 11 is 0. The van der Waals surface area contributed by atoms with Crippen LogP contribution in [0.4, 0.5) is 0 Å². The van der Waals surface area contributed by atoms with Crippen LogP contribution in [0.15, 0.2) is 0 Å². The lowest BCUT2D eigenvalue weighted by molar-refractivity contribution is -0.128. The lowest BCUT2D eigenvalue weighted by atomic mass is 9.96. The summed E-state index contributed by atoms with van der Waals surface area (Å²) in [4.78, 5) is 0. The molecule has 2 atom stereocenters. The molecule has 0 spiro atoms. The Bertz CT molecular complexity index is 128. The predicted octanol–water partition coefficient (Wildman–Crippen LogP) is 0.766. The molecule has 0 aliphatic carbocycles. The average molecular weight is 160 g/mol. The minimum atomic E-state index is -0.167. The Morgan fingerprint density at radius 2 is 2.09 bits per heavy atom. The van der Waals surface area contributed by atoms with Gasteiger partial charge < -0.3 is 14.6 Å². The molecule has 0 aromatic heterocycles. The van der Waals surface area contributed by atoms with Crippen LogP contribution in [0.25, 0.3) is 0 Å². The van der Waals surface area contributed by atoms with Crippen molar-refractivity contribution in [2.45, 2.75) is 33.2 Å². The van der Waals surface area contributed by atoms with Crippen molar-refractivity contribution in [3.63, 3.8) is 0 Å². The molecule has 1 rings (SSSR count). The van der Waals surface area contributed by atoms with Crippen LogP contribution >= 0.6 is 0 Å². The number of hydrogen-bond acceptors (Lipinski definition) is 3. The number of hydrogen-bond donors (Lipinski definition) is 1. The van der Waals surface area contributed by atoms with E-state index in [1.165, 1.54) is 0 Å². The number of rotatable bonds is 1. The fourth-order valence-corrected chi connectivity index (χ4v) is 0.998. The fraction of sp³-hybridized carbons (Fsp3) is 1.00. The molecule has 1 aliphatic heterocycles. The Labute approximate surface area is 67.3 Å². The summed E-state index contributed by atoms with van der Waals surface area (Å²) in [6.45, 7) is 6.72. The smallest absolute Gasteiger partial charge is 0.163 e. The summed E-state index contributed by atoms with van der Waals surface area (Å²) in [5.74, 6) is 0. The van der Waals surface area contributed by atoms with E-state index in [9.17, 15) is 0 Å². The standard InChI is InChI=1S/C8H16O3/c1-8(2,3)7-10-5-6(4-9)11-7/h6-7,9H,4-5H2,1-3H3/t6-,7-/m0/s1. The predicted molar refractivity (Wildman–Crippen MR) is 41.2 cm³/mol. The molecule has 11 heavy (non-hydrogen) atoms. The van der Waals surface area contributed by atoms with Gasteiger partial charge in [0.05, 0.1) is 13.2 Å². The van der Waals surface area contributed by atoms with Crippen LogP contribution in [0.1, 0.15) is 20.8 Å². The maximum Gasteiger partial charge on any atom is 0.163 e. The molecule has 0 radical (unpaired) electrons. The first-order valence-corrected chi connectivity index (χ1v) is 3.92. The molecule has 1 N–H and O–H groups in total. The van der Waals surface area contributed by atoms with Gasteiger partial charge in [0.25, 0.3) is 0 Å². The first kappa shape index (κ1) is 8.97. The van der Waals surface area contributed by atoms with Crippen LogP contribution in [0, 0.1) is 5.41 Å². The summed E-state index contributed by atoms with van der Waals surface area (Å²) in [6, 6.07) is 0. The van der Waals surface area contributed by atoms with E-state index in [4.69, 9.17) is 14.6 Å². The normalized spacial score (nSPS) is 32.7. The molecular weight excluding hydrogens is 144 g/mol. The molecule has 0 bridgehead atoms. The highest BCUT2D eigenvalue weighted by Crippen LogP contribution is 2.28. The van der Waals surface area contributed by atoms with Crippen molar-refractivity contribution in [1.82, 2.24) is 0 Å². The van der Waals surface area contributed by atoms with Gasteiger partial charge in [-0.3, -0.25) is 0 Å². The monoisotopic (exact) mass is 160 g/mol. The molecule has 0 unspecified atom stereocenters. The number of aliphatic hydroxyl groups is 1. The van der Waals surface area contributed by atoms with Crippen LogP contribution in [-0.4, -0.2) is 30.7 Å². The maximum atomic E-state index is 8.74. The average Bonchev–Trinajstić information content (AvgIpc) is 2.32. The highest BCUT2D eigenvalue weighted by atomic mass is 16.7. The van der Waals surface area contributed by atoms with Crippen LogP contribution in [0.3, 0.4) is 0 Å². The zero-order valence-electron chi connectivity index (χ0n) is 7.33. The van der Waals surface area contributed by atoms with E-state index in [1.807, 2.05) is 0 Å². The van der Waals surface area contributed by atoms with Crippen molar-refractivity contribution < 1.29 is 14.6 Å². The minimum Gasteiger partial charge on any atom is -0.394 e. The third-order valence-electron chi connectivity index (χ3n) is 1.66. The Kier molecular flexibility index (Phi) is 2.52. The molecule has 1 heterocycles. The van der Waals surface area contributed by atoms with Gasteiger partial charge in [-0.1, -0.05) is 20.8 Å². The van der Waals surface area contributed by atoms with E-state index in [0.717, 1.165) is 0 Å². The van der Waals surface area contributed by atoms with Gasteiger partial charge >= 0.3 is 0 Å². The molecular formula is C8H16O3. The first-order chi connectivity index (χ1) is 5.04. The summed E-state index contributed by atoms with van der Waals surface area (Å²) in [5.41, 5.74) is 0.00389. The Morgan fingerprint density at radius 1 is 1.45 bits per heavy atom. The third-order valence-corrected chi connectivity index (χ3v) is 1.66. The fourth-order valence-electron chi connectivity index (χ4n) is 0.998. The van der Waals surface area contributed by atoms with Crippen molar-refractivity contribution in [2.75, 3.05) is 13.2 Å². The van der Waals surface area contributed by atoms with Gasteiger partial charge in [-0.15, -0.1) is 0 Å². The summed E-state index contributed by atoms with van der Waals surface area (Å²) in [7, 11) is 0. The van der Waals surface area contributed by atoms with Gasteiger partial charge in [0.2, 0.25) is 0 Å². The van der Waals surface area contributed by atoms with Gasteiger partial charge in [-0.05, 0) is 0 Å². The number of ether oxygens (including phenoxy) is 2. The Hall–Kier alpha value is -0.120. The molecule has 0 saturated carbocycles. The molecule has 3 nitrogen and oxygen atoms in total. The van der Waals surface area contributed by atoms with E-state index in [2.05, 4.69) is 20.8 Å². The molecule has 1 aliphatic rings. The van der Waals surface area contributed by atoms with Crippen molar-refractivity contribution in [3.05, 3.63) is 0 Å². The summed E-state index contributed by atoms with van der Waals surface area (Å²) < 4.78 is 10.7. The highest BCUT2D eigenvalue weighted by molar-refractivity contribution is 4.73. The van der Waals surface area contributed by atoms with Gasteiger partial charge in [0.1, 0.15) is 6.10 Å². The van der Waals surface area contributed by atoms with Gasteiger partial charge in [-0.25, -0.2) is 0 Å².